The molecular weight excluding hydrogens is 282 g/mol. The average Bonchev–Trinajstić information content (AvgIpc) is 2.87. The number of nitrogens with zero attached hydrogens (tertiary/aromatic N) is 4. The first-order valence-electron chi connectivity index (χ1n) is 7.89. The van der Waals surface area contributed by atoms with Gasteiger partial charge in [-0.15, -0.1) is 0 Å². The molecule has 0 radical (unpaired) electrons. The van der Waals surface area contributed by atoms with Gasteiger partial charge in [0.25, 0.3) is 5.56 Å². The number of imidazole rings is 1. The lowest BCUT2D eigenvalue weighted by molar-refractivity contribution is 0.488. The molecule has 0 saturated heterocycles. The molecule has 2 N–H and O–H groups in total. The van der Waals surface area contributed by atoms with Crippen molar-refractivity contribution in [3.63, 3.8) is 0 Å². The molecule has 2 rings (SSSR count). The van der Waals surface area contributed by atoms with Crippen LogP contribution in [-0.2, 0) is 13.1 Å². The summed E-state index contributed by atoms with van der Waals surface area (Å²) in [6.45, 7) is 10.5. The fourth-order valence-corrected chi connectivity index (χ4v) is 2.80. The molecule has 2 heterocycles. The Labute approximate surface area is 129 Å². The Balaban J connectivity index is 3.07. The first-order chi connectivity index (χ1) is 10.4. The van der Waals surface area contributed by atoms with Gasteiger partial charge in [-0.2, -0.15) is 0 Å². The molecule has 2 aromatic heterocycles. The number of aryl methyl sites for hydroxylation is 1. The third kappa shape index (κ3) is 2.29. The standard InChI is InChI=1S/C15H25N5O2/c1-6-9(4)20-13-11(14(21)19(8-3)15(20)22)18(7-2)12(17-13)10(5)16/h9-10H,6-8,16H2,1-5H3. The third-order valence-corrected chi connectivity index (χ3v) is 4.16. The highest BCUT2D eigenvalue weighted by atomic mass is 16.2. The van der Waals surface area contributed by atoms with Crippen molar-refractivity contribution in [2.75, 3.05) is 0 Å². The number of rotatable bonds is 5. The summed E-state index contributed by atoms with van der Waals surface area (Å²) >= 11 is 0. The van der Waals surface area contributed by atoms with Crippen LogP contribution in [0.15, 0.2) is 9.59 Å². The minimum absolute atomic E-state index is 0.0328. The number of nitrogens with two attached hydrogens (primary N) is 1. The van der Waals surface area contributed by atoms with Crippen molar-refractivity contribution in [3.8, 4) is 0 Å². The van der Waals surface area contributed by atoms with E-state index in [2.05, 4.69) is 4.98 Å². The van der Waals surface area contributed by atoms with Gasteiger partial charge in [-0.05, 0) is 34.1 Å². The van der Waals surface area contributed by atoms with Crippen LogP contribution < -0.4 is 17.0 Å². The van der Waals surface area contributed by atoms with Crippen LogP contribution in [-0.4, -0.2) is 18.7 Å². The molecule has 0 aliphatic rings. The second-order valence-corrected chi connectivity index (χ2v) is 5.63. The van der Waals surface area contributed by atoms with Gasteiger partial charge in [0, 0.05) is 19.1 Å². The van der Waals surface area contributed by atoms with Crippen molar-refractivity contribution in [1.82, 2.24) is 18.7 Å². The summed E-state index contributed by atoms with van der Waals surface area (Å²) in [6.07, 6.45) is 0.781. The maximum atomic E-state index is 12.7. The SMILES string of the molecule is CCC(C)n1c(=O)n(CC)c(=O)c2c1nc(C(C)N)n2CC. The summed E-state index contributed by atoms with van der Waals surface area (Å²) in [5, 5.41) is 0. The number of aromatic nitrogens is 4. The van der Waals surface area contributed by atoms with Crippen molar-refractivity contribution < 1.29 is 0 Å². The third-order valence-electron chi connectivity index (χ3n) is 4.16. The summed E-state index contributed by atoms with van der Waals surface area (Å²) in [6, 6.07) is -0.336. The molecule has 2 aromatic rings. The van der Waals surface area contributed by atoms with E-state index in [0.29, 0.717) is 30.1 Å². The highest BCUT2D eigenvalue weighted by molar-refractivity contribution is 5.71. The minimum atomic E-state index is -0.303. The molecule has 0 aromatic carbocycles. The molecule has 0 bridgehead atoms. The van der Waals surface area contributed by atoms with Crippen molar-refractivity contribution in [3.05, 3.63) is 26.7 Å². The topological polar surface area (TPSA) is 87.8 Å². The molecule has 0 fully saturated rings. The van der Waals surface area contributed by atoms with E-state index in [9.17, 15) is 9.59 Å². The monoisotopic (exact) mass is 307 g/mol. The van der Waals surface area contributed by atoms with E-state index in [1.165, 1.54) is 4.57 Å². The molecule has 2 atom stereocenters. The van der Waals surface area contributed by atoms with Crippen LogP contribution in [0.4, 0.5) is 0 Å². The van der Waals surface area contributed by atoms with E-state index in [1.807, 2.05) is 32.3 Å². The van der Waals surface area contributed by atoms with E-state index in [1.54, 1.807) is 11.5 Å². The molecule has 0 aliphatic heterocycles. The quantitative estimate of drug-likeness (QED) is 0.904. The first kappa shape index (κ1) is 16.5. The zero-order chi connectivity index (χ0) is 16.6. The van der Waals surface area contributed by atoms with Crippen LogP contribution >= 0.6 is 0 Å². The smallest absolute Gasteiger partial charge is 0.322 e. The Kier molecular flexibility index (Phi) is 4.55. The zero-order valence-corrected chi connectivity index (χ0v) is 14.0. The average molecular weight is 307 g/mol. The summed E-state index contributed by atoms with van der Waals surface area (Å²) in [5.74, 6) is 0.639. The Morgan fingerprint density at radius 2 is 1.68 bits per heavy atom. The minimum Gasteiger partial charge on any atom is -0.322 e. The number of hydrogen-bond donors (Lipinski definition) is 1. The van der Waals surface area contributed by atoms with Crippen LogP contribution in [0, 0.1) is 0 Å². The van der Waals surface area contributed by atoms with Gasteiger partial charge < -0.3 is 10.3 Å². The maximum absolute atomic E-state index is 12.7. The molecule has 7 heteroatoms. The highest BCUT2D eigenvalue weighted by Gasteiger charge is 2.23. The Morgan fingerprint density at radius 1 is 1.09 bits per heavy atom. The van der Waals surface area contributed by atoms with Crippen LogP contribution in [0.5, 0.6) is 0 Å². The second-order valence-electron chi connectivity index (χ2n) is 5.63. The summed E-state index contributed by atoms with van der Waals surface area (Å²) < 4.78 is 4.72. The summed E-state index contributed by atoms with van der Waals surface area (Å²) in [4.78, 5) is 29.9. The lowest BCUT2D eigenvalue weighted by Gasteiger charge is -2.16. The Morgan fingerprint density at radius 3 is 2.14 bits per heavy atom. The predicted molar refractivity (Wildman–Crippen MR) is 87.2 cm³/mol. The Bertz CT molecular complexity index is 797. The number of hydrogen-bond acceptors (Lipinski definition) is 4. The molecule has 122 valence electrons. The fraction of sp³-hybridized carbons (Fsp3) is 0.667. The van der Waals surface area contributed by atoms with Gasteiger partial charge in [-0.1, -0.05) is 6.92 Å². The van der Waals surface area contributed by atoms with Gasteiger partial charge in [0.2, 0.25) is 0 Å². The van der Waals surface area contributed by atoms with E-state index in [-0.39, 0.29) is 23.3 Å². The molecule has 7 nitrogen and oxygen atoms in total. The van der Waals surface area contributed by atoms with E-state index >= 15 is 0 Å². The molecule has 22 heavy (non-hydrogen) atoms. The molecule has 2 unspecified atom stereocenters. The van der Waals surface area contributed by atoms with Crippen LogP contribution in [0.25, 0.3) is 11.2 Å². The van der Waals surface area contributed by atoms with Crippen molar-refractivity contribution in [2.24, 2.45) is 5.73 Å². The molecule has 0 aliphatic carbocycles. The first-order valence-corrected chi connectivity index (χ1v) is 7.89. The molecule has 0 saturated carbocycles. The van der Waals surface area contributed by atoms with Crippen molar-refractivity contribution >= 4 is 11.2 Å². The molecule has 0 spiro atoms. The summed E-state index contributed by atoms with van der Waals surface area (Å²) in [7, 11) is 0. The fourth-order valence-electron chi connectivity index (χ4n) is 2.80. The molecular formula is C15H25N5O2. The van der Waals surface area contributed by atoms with E-state index < -0.39 is 0 Å². The maximum Gasteiger partial charge on any atom is 0.332 e. The largest absolute Gasteiger partial charge is 0.332 e. The van der Waals surface area contributed by atoms with Gasteiger partial charge in [-0.3, -0.25) is 13.9 Å². The second kappa shape index (κ2) is 6.08. The normalized spacial score (nSPS) is 14.5. The zero-order valence-electron chi connectivity index (χ0n) is 14.0. The van der Waals surface area contributed by atoms with Gasteiger partial charge in [0.05, 0.1) is 6.04 Å². The predicted octanol–water partition coefficient (Wildman–Crippen LogP) is 1.39. The van der Waals surface area contributed by atoms with Crippen LogP contribution in [0.1, 0.15) is 58.9 Å². The highest BCUT2D eigenvalue weighted by Crippen LogP contribution is 2.19. The van der Waals surface area contributed by atoms with Crippen LogP contribution in [0.2, 0.25) is 0 Å². The van der Waals surface area contributed by atoms with E-state index in [4.69, 9.17) is 5.73 Å². The lowest BCUT2D eigenvalue weighted by Crippen LogP contribution is -2.41. The summed E-state index contributed by atoms with van der Waals surface area (Å²) in [5.41, 5.74) is 6.32. The van der Waals surface area contributed by atoms with Crippen LogP contribution in [0.3, 0.4) is 0 Å². The van der Waals surface area contributed by atoms with Gasteiger partial charge in [0.1, 0.15) is 5.82 Å². The van der Waals surface area contributed by atoms with Gasteiger partial charge >= 0.3 is 5.69 Å². The Hall–Kier alpha value is -1.89. The van der Waals surface area contributed by atoms with Crippen molar-refractivity contribution in [2.45, 2.75) is 66.2 Å². The van der Waals surface area contributed by atoms with Gasteiger partial charge in [0.15, 0.2) is 11.2 Å². The number of fused-ring (bicyclic) bond motifs is 1. The molecule has 0 amide bonds. The van der Waals surface area contributed by atoms with E-state index in [0.717, 1.165) is 6.42 Å². The van der Waals surface area contributed by atoms with Crippen molar-refractivity contribution in [1.29, 1.82) is 0 Å². The lowest BCUT2D eigenvalue weighted by atomic mass is 10.2. The van der Waals surface area contributed by atoms with Gasteiger partial charge in [-0.25, -0.2) is 9.78 Å².